The van der Waals surface area contributed by atoms with Crippen LogP contribution in [0.25, 0.3) is 11.4 Å². The van der Waals surface area contributed by atoms with Gasteiger partial charge in [0.25, 0.3) is 5.67 Å². The monoisotopic (exact) mass is 835 g/mol. The number of fused-ring (bicyclic) bond motifs is 1. The van der Waals surface area contributed by atoms with Crippen molar-refractivity contribution in [3.8, 4) is 11.4 Å². The number of aromatic nitrogens is 5. The number of aliphatic hydroxyl groups is 1. The Bertz CT molecular complexity index is 1700. The number of rotatable bonds is 11. The van der Waals surface area contributed by atoms with Crippen molar-refractivity contribution in [3.63, 3.8) is 0 Å². The molecular weight excluding hydrogens is 767 g/mol. The molecular formula is C41H67FN8O9. The Hall–Kier alpha value is -3.68. The van der Waals surface area contributed by atoms with Gasteiger partial charge in [0.05, 0.1) is 30.0 Å². The zero-order valence-corrected chi connectivity index (χ0v) is 35.6. The van der Waals surface area contributed by atoms with Crippen LogP contribution in [-0.2, 0) is 39.8 Å². The number of unbranched alkanes of at least 4 members (excludes halogenated alkanes) is 1. The molecule has 0 aliphatic carbocycles. The van der Waals surface area contributed by atoms with Gasteiger partial charge in [-0.1, -0.05) is 26.5 Å². The van der Waals surface area contributed by atoms with E-state index in [9.17, 15) is 19.5 Å². The van der Waals surface area contributed by atoms with Gasteiger partial charge in [0.15, 0.2) is 17.7 Å². The fourth-order valence-corrected chi connectivity index (χ4v) is 8.66. The Morgan fingerprint density at radius 2 is 1.80 bits per heavy atom. The maximum Gasteiger partial charge on any atom is 0.410 e. The van der Waals surface area contributed by atoms with Crippen LogP contribution in [-0.4, -0.2) is 158 Å². The van der Waals surface area contributed by atoms with Gasteiger partial charge in [-0.3, -0.25) is 14.4 Å². The number of carbonyl (C=O) groups is 3. The predicted octanol–water partition coefficient (Wildman–Crippen LogP) is 3.97. The number of aliphatic hydroxyl groups excluding tert-OH is 1. The summed E-state index contributed by atoms with van der Waals surface area (Å²) < 4.78 is 48.9. The number of hydrogen-bond donors (Lipinski definition) is 2. The fourth-order valence-electron chi connectivity index (χ4n) is 8.66. The Kier molecular flexibility index (Phi) is 16.1. The maximum absolute atomic E-state index is 16.7. The maximum atomic E-state index is 16.7. The molecule has 2 N–H and O–H groups in total. The largest absolute Gasteiger partial charge is 0.455 e. The molecule has 3 aliphatic rings. The number of nitrogens with one attached hydrogen (secondary N) is 1. The molecule has 1 amide bonds. The number of halogens is 1. The molecule has 12 atom stereocenters. The van der Waals surface area contributed by atoms with Gasteiger partial charge in [-0.15, -0.1) is 10.2 Å². The number of hydrogen-bond acceptors (Lipinski definition) is 15. The van der Waals surface area contributed by atoms with E-state index >= 15 is 4.39 Å². The number of carbonyl (C=O) groups excluding carboxylic acids is 3. The lowest BCUT2D eigenvalue weighted by atomic mass is 9.83. The van der Waals surface area contributed by atoms with Crippen LogP contribution in [0.1, 0.15) is 94.4 Å². The number of ketones is 1. The molecule has 3 aliphatic heterocycles. The molecule has 59 heavy (non-hydrogen) atoms. The third kappa shape index (κ3) is 10.6. The second kappa shape index (κ2) is 19.8. The summed E-state index contributed by atoms with van der Waals surface area (Å²) in [6, 6.07) is 2.24. The molecule has 0 saturated carbocycles. The summed E-state index contributed by atoms with van der Waals surface area (Å²) in [6.07, 6.45) is -0.238. The average molecular weight is 835 g/mol. The van der Waals surface area contributed by atoms with Gasteiger partial charge in [0.2, 0.25) is 0 Å². The molecule has 3 fully saturated rings. The second-order valence-corrected chi connectivity index (χ2v) is 17.0. The summed E-state index contributed by atoms with van der Waals surface area (Å²) in [4.78, 5) is 45.0. The lowest BCUT2D eigenvalue weighted by molar-refractivity contribution is -0.289. The standard InChI is InChI=1S/C40H63FN8O9.CH4/c1-11-31-40(7)34(49(37(53)58-40)18-13-12-17-48-23-28(45-46-48)27-15-14-16-43-44-27)26(4)42-22-24(2)21-38(5,54-10)32(20-30(50)39(6,41)36(52)57-31)56-35-33(51)29(47(8)9)19-25(3)55-35;/h14-16,23-26,29,31-35,42,51H,11-13,17-22H2,1-10H3;1H4/t24-,25?,26-,29?,31-,32-,33?,34-,35+,38-,39?,40-;/m1./s1. The van der Waals surface area contributed by atoms with Crippen molar-refractivity contribution in [2.24, 2.45) is 5.92 Å². The summed E-state index contributed by atoms with van der Waals surface area (Å²) >= 11 is 0. The van der Waals surface area contributed by atoms with Crippen molar-refractivity contribution in [3.05, 3.63) is 24.5 Å². The highest BCUT2D eigenvalue weighted by atomic mass is 19.1. The van der Waals surface area contributed by atoms with Crippen LogP contribution in [0.15, 0.2) is 24.5 Å². The molecule has 2 aromatic heterocycles. The predicted molar refractivity (Wildman–Crippen MR) is 216 cm³/mol. The van der Waals surface area contributed by atoms with Crippen LogP contribution in [0, 0.1) is 5.92 Å². The van der Waals surface area contributed by atoms with Crippen molar-refractivity contribution >= 4 is 17.8 Å². The van der Waals surface area contributed by atoms with Gasteiger partial charge in [-0.2, -0.15) is 5.10 Å². The number of Topliss-reactive ketones (excluding diaryl/α,β-unsaturated/α-hetero) is 1. The van der Waals surface area contributed by atoms with Gasteiger partial charge < -0.3 is 39.0 Å². The number of methoxy groups -OCH3 is 1. The number of cyclic esters (lactones) is 1. The second-order valence-electron chi connectivity index (χ2n) is 17.0. The van der Waals surface area contributed by atoms with Crippen molar-refractivity contribution in [2.75, 3.05) is 34.3 Å². The lowest BCUT2D eigenvalue weighted by Crippen LogP contribution is -2.61. The van der Waals surface area contributed by atoms with Crippen LogP contribution < -0.4 is 5.32 Å². The van der Waals surface area contributed by atoms with Gasteiger partial charge in [-0.25, -0.2) is 14.0 Å². The van der Waals surface area contributed by atoms with E-state index in [2.05, 4.69) is 25.8 Å². The van der Waals surface area contributed by atoms with Crippen LogP contribution in [0.4, 0.5) is 9.18 Å². The molecule has 2 aromatic rings. The molecule has 0 spiro atoms. The van der Waals surface area contributed by atoms with E-state index < -0.39 is 77.8 Å². The van der Waals surface area contributed by atoms with E-state index in [1.807, 2.05) is 39.8 Å². The van der Waals surface area contributed by atoms with Crippen LogP contribution in [0.2, 0.25) is 0 Å². The van der Waals surface area contributed by atoms with E-state index in [4.69, 9.17) is 23.7 Å². The molecule has 3 saturated heterocycles. The first-order valence-corrected chi connectivity index (χ1v) is 20.4. The van der Waals surface area contributed by atoms with Crippen LogP contribution in [0.5, 0.6) is 0 Å². The van der Waals surface area contributed by atoms with Crippen LogP contribution in [0.3, 0.4) is 0 Å². The lowest BCUT2D eigenvalue weighted by Gasteiger charge is -2.45. The molecule has 0 bridgehead atoms. The van der Waals surface area contributed by atoms with E-state index in [1.165, 1.54) is 7.11 Å². The third-order valence-corrected chi connectivity index (χ3v) is 12.1. The number of nitrogens with zero attached hydrogens (tertiary/aromatic N) is 7. The average Bonchev–Trinajstić information content (AvgIpc) is 3.76. The molecule has 0 radical (unpaired) electrons. The van der Waals surface area contributed by atoms with Crippen molar-refractivity contribution in [1.29, 1.82) is 0 Å². The Balaban J connectivity index is 0.00000769. The molecule has 18 heteroatoms. The molecule has 4 unspecified atom stereocenters. The highest BCUT2D eigenvalue weighted by molar-refractivity contribution is 6.07. The van der Waals surface area contributed by atoms with E-state index in [0.717, 1.165) is 6.92 Å². The SMILES string of the molecule is C.CC[C@H]1OC(=O)C(C)(F)C(=O)C[C@@H](O[C@@H]2OC(C)CC(N(C)C)C2O)[C@](C)(OC)C[C@@H](C)CN[C@H](C)[C@H]2N(CCCCn3cc(-c4cccnn4)nn3)C(=O)O[C@]12C. The number of aryl methyl sites for hydroxylation is 1. The Morgan fingerprint density at radius 3 is 2.44 bits per heavy atom. The zero-order chi connectivity index (χ0) is 42.6. The number of esters is 1. The first kappa shape index (κ1) is 48.0. The van der Waals surface area contributed by atoms with E-state index in [0.29, 0.717) is 56.7 Å². The first-order chi connectivity index (χ1) is 27.3. The fraction of sp³-hybridized carbons (Fsp3) is 0.780. The van der Waals surface area contributed by atoms with Crippen molar-refractivity contribution < 1.29 is 47.6 Å². The normalized spacial score (nSPS) is 36.3. The summed E-state index contributed by atoms with van der Waals surface area (Å²) in [7, 11) is 5.19. The highest BCUT2D eigenvalue weighted by Gasteiger charge is 2.59. The highest BCUT2D eigenvalue weighted by Crippen LogP contribution is 2.40. The Morgan fingerprint density at radius 1 is 1.08 bits per heavy atom. The number of amides is 1. The van der Waals surface area contributed by atoms with Crippen molar-refractivity contribution in [2.45, 2.75) is 167 Å². The van der Waals surface area contributed by atoms with Gasteiger partial charge in [0, 0.05) is 44.9 Å². The summed E-state index contributed by atoms with van der Waals surface area (Å²) in [5.74, 6) is -2.59. The summed E-state index contributed by atoms with van der Waals surface area (Å²) in [5.41, 5.74) is -4.50. The van der Waals surface area contributed by atoms with E-state index in [1.54, 1.807) is 54.9 Å². The van der Waals surface area contributed by atoms with Gasteiger partial charge in [0.1, 0.15) is 23.6 Å². The smallest absolute Gasteiger partial charge is 0.410 e. The summed E-state index contributed by atoms with van der Waals surface area (Å²) in [5, 5.41) is 31.3. The third-order valence-electron chi connectivity index (χ3n) is 12.1. The molecule has 332 valence electrons. The minimum Gasteiger partial charge on any atom is -0.455 e. The molecule has 5 heterocycles. The zero-order valence-electron chi connectivity index (χ0n) is 35.6. The minimum absolute atomic E-state index is 0. The number of alkyl halides is 1. The topological polar surface area (TPSA) is 193 Å². The Labute approximate surface area is 348 Å². The minimum atomic E-state index is -3.10. The van der Waals surface area contributed by atoms with Crippen LogP contribution >= 0.6 is 0 Å². The number of ether oxygens (including phenoxy) is 5. The van der Waals surface area contributed by atoms with Gasteiger partial charge in [-0.05, 0) is 105 Å². The summed E-state index contributed by atoms with van der Waals surface area (Å²) in [6.45, 7) is 13.2. The quantitative estimate of drug-likeness (QED) is 0.188. The van der Waals surface area contributed by atoms with E-state index in [-0.39, 0.29) is 31.9 Å². The molecule has 17 nitrogen and oxygen atoms in total. The molecule has 0 aromatic carbocycles. The molecule has 5 rings (SSSR count). The first-order valence-electron chi connectivity index (χ1n) is 20.4. The number of likely N-dealkylation sites (N-methyl/N-ethyl adjacent to an activating group) is 1. The van der Waals surface area contributed by atoms with Crippen molar-refractivity contribution in [1.82, 2.24) is 40.3 Å². The van der Waals surface area contributed by atoms with Gasteiger partial charge >= 0.3 is 12.1 Å².